The lowest BCUT2D eigenvalue weighted by Gasteiger charge is -2.35. The van der Waals surface area contributed by atoms with Crippen molar-refractivity contribution in [2.24, 2.45) is 0 Å². The number of hydrogen-bond acceptors (Lipinski definition) is 3. The van der Waals surface area contributed by atoms with Crippen molar-refractivity contribution >= 4 is 0 Å². The van der Waals surface area contributed by atoms with Gasteiger partial charge >= 0.3 is 0 Å². The second kappa shape index (κ2) is 5.75. The van der Waals surface area contributed by atoms with E-state index >= 15 is 0 Å². The molecule has 0 N–H and O–H groups in total. The van der Waals surface area contributed by atoms with Gasteiger partial charge in [-0.2, -0.15) is 0 Å². The van der Waals surface area contributed by atoms with Crippen LogP contribution in [0.25, 0.3) is 0 Å². The molecule has 0 saturated carbocycles. The van der Waals surface area contributed by atoms with Gasteiger partial charge in [0.2, 0.25) is 0 Å². The third kappa shape index (κ3) is 2.90. The monoisotopic (exact) mass is 274 g/mol. The zero-order chi connectivity index (χ0) is 13.9. The molecule has 1 aromatic heterocycles. The van der Waals surface area contributed by atoms with Crippen LogP contribution in [0.4, 0.5) is 4.39 Å². The van der Waals surface area contributed by atoms with Gasteiger partial charge in [-0.25, -0.2) is 9.37 Å². The summed E-state index contributed by atoms with van der Waals surface area (Å²) in [6, 6.07) is 7.23. The van der Waals surface area contributed by atoms with Gasteiger partial charge in [0.25, 0.3) is 0 Å². The van der Waals surface area contributed by atoms with Crippen molar-refractivity contribution in [1.29, 1.82) is 0 Å². The van der Waals surface area contributed by atoms with E-state index in [0.717, 1.165) is 25.2 Å². The molecule has 2 aromatic rings. The second-order valence-corrected chi connectivity index (χ2v) is 5.39. The number of halogens is 1. The average molecular weight is 274 g/mol. The van der Waals surface area contributed by atoms with Crippen LogP contribution in [-0.2, 0) is 6.54 Å². The fourth-order valence-electron chi connectivity index (χ4n) is 2.93. The molecule has 20 heavy (non-hydrogen) atoms. The summed E-state index contributed by atoms with van der Waals surface area (Å²) in [5, 5.41) is 0. The molecule has 4 heteroatoms. The summed E-state index contributed by atoms with van der Waals surface area (Å²) in [6.45, 7) is 3.70. The van der Waals surface area contributed by atoms with Crippen LogP contribution >= 0.6 is 0 Å². The predicted molar refractivity (Wildman–Crippen MR) is 74.6 cm³/mol. The molecule has 2 heterocycles. The number of nitrogens with zero attached hydrogens (tertiary/aromatic N) is 2. The molecule has 1 aromatic carbocycles. The van der Waals surface area contributed by atoms with E-state index in [1.54, 1.807) is 18.4 Å². The number of oxazole rings is 1. The lowest BCUT2D eigenvalue weighted by molar-refractivity contribution is 0.138. The van der Waals surface area contributed by atoms with E-state index in [2.05, 4.69) is 9.88 Å². The van der Waals surface area contributed by atoms with Crippen LogP contribution in [0.3, 0.4) is 0 Å². The van der Waals surface area contributed by atoms with Gasteiger partial charge in [-0.3, -0.25) is 4.90 Å². The summed E-state index contributed by atoms with van der Waals surface area (Å²) in [4.78, 5) is 6.79. The smallest absolute Gasteiger partial charge is 0.191 e. The first-order valence-electron chi connectivity index (χ1n) is 7.13. The van der Waals surface area contributed by atoms with Gasteiger partial charge in [-0.1, -0.05) is 18.6 Å². The summed E-state index contributed by atoms with van der Waals surface area (Å²) in [6.07, 6.45) is 5.26. The molecule has 0 aliphatic carbocycles. The summed E-state index contributed by atoms with van der Waals surface area (Å²) in [7, 11) is 0. The molecule has 0 spiro atoms. The predicted octanol–water partition coefficient (Wildman–Crippen LogP) is 3.85. The van der Waals surface area contributed by atoms with Gasteiger partial charge in [0.05, 0.1) is 5.69 Å². The molecule has 3 rings (SSSR count). The first kappa shape index (κ1) is 13.3. The Morgan fingerprint density at radius 2 is 2.10 bits per heavy atom. The van der Waals surface area contributed by atoms with E-state index < -0.39 is 0 Å². The Balaban J connectivity index is 1.78. The second-order valence-electron chi connectivity index (χ2n) is 5.39. The highest BCUT2D eigenvalue weighted by atomic mass is 19.1. The van der Waals surface area contributed by atoms with Crippen LogP contribution in [0, 0.1) is 12.7 Å². The average Bonchev–Trinajstić information content (AvgIpc) is 2.86. The molecule has 3 nitrogen and oxygen atoms in total. The molecule has 0 amide bonds. The van der Waals surface area contributed by atoms with E-state index in [9.17, 15) is 4.39 Å². The highest BCUT2D eigenvalue weighted by molar-refractivity contribution is 5.20. The number of rotatable bonds is 3. The molecule has 1 aliphatic rings. The van der Waals surface area contributed by atoms with Crippen LogP contribution in [0.2, 0.25) is 0 Å². The minimum absolute atomic E-state index is 0.178. The van der Waals surface area contributed by atoms with Gasteiger partial charge in [0.1, 0.15) is 12.1 Å². The van der Waals surface area contributed by atoms with Gasteiger partial charge in [-0.15, -0.1) is 0 Å². The van der Waals surface area contributed by atoms with Crippen molar-refractivity contribution in [3.63, 3.8) is 0 Å². The Kier molecular flexibility index (Phi) is 3.83. The molecular weight excluding hydrogens is 255 g/mol. The Hall–Kier alpha value is -1.68. The number of aryl methyl sites for hydroxylation is 1. The maximum Gasteiger partial charge on any atom is 0.191 e. The molecule has 1 saturated heterocycles. The Morgan fingerprint density at radius 1 is 1.30 bits per heavy atom. The van der Waals surface area contributed by atoms with Crippen LogP contribution < -0.4 is 0 Å². The molecule has 1 atom stereocenters. The number of piperidine rings is 1. The summed E-state index contributed by atoms with van der Waals surface area (Å²) < 4.78 is 18.3. The minimum Gasteiger partial charge on any atom is -0.449 e. The van der Waals surface area contributed by atoms with E-state index in [1.165, 1.54) is 18.4 Å². The molecule has 0 unspecified atom stereocenters. The van der Waals surface area contributed by atoms with Crippen LogP contribution in [0.5, 0.6) is 0 Å². The largest absolute Gasteiger partial charge is 0.449 e. The van der Waals surface area contributed by atoms with Crippen LogP contribution in [0.1, 0.15) is 42.5 Å². The summed E-state index contributed by atoms with van der Waals surface area (Å²) >= 11 is 0. The highest BCUT2D eigenvalue weighted by Crippen LogP contribution is 2.32. The minimum atomic E-state index is -0.178. The third-order valence-corrected chi connectivity index (χ3v) is 3.90. The van der Waals surface area contributed by atoms with Crippen molar-refractivity contribution < 1.29 is 8.81 Å². The van der Waals surface area contributed by atoms with E-state index in [-0.39, 0.29) is 5.82 Å². The third-order valence-electron chi connectivity index (χ3n) is 3.90. The van der Waals surface area contributed by atoms with Gasteiger partial charge in [0.15, 0.2) is 5.89 Å². The summed E-state index contributed by atoms with van der Waals surface area (Å²) in [5.41, 5.74) is 2.16. The first-order chi connectivity index (χ1) is 9.72. The summed E-state index contributed by atoms with van der Waals surface area (Å²) in [5.74, 6) is 0.526. The quantitative estimate of drug-likeness (QED) is 0.851. The molecule has 1 aliphatic heterocycles. The lowest BCUT2D eigenvalue weighted by Crippen LogP contribution is -2.33. The Morgan fingerprint density at radius 3 is 2.80 bits per heavy atom. The van der Waals surface area contributed by atoms with Gasteiger partial charge in [-0.05, 0) is 37.1 Å². The topological polar surface area (TPSA) is 29.3 Å². The van der Waals surface area contributed by atoms with Crippen molar-refractivity contribution in [1.82, 2.24) is 9.88 Å². The van der Waals surface area contributed by atoms with Crippen LogP contribution in [0.15, 0.2) is 34.9 Å². The number of hydrogen-bond donors (Lipinski definition) is 0. The Labute approximate surface area is 118 Å². The Bertz CT molecular complexity index is 564. The van der Waals surface area contributed by atoms with Gasteiger partial charge < -0.3 is 4.42 Å². The van der Waals surface area contributed by atoms with Crippen molar-refractivity contribution in [3.05, 3.63) is 53.5 Å². The zero-order valence-corrected chi connectivity index (χ0v) is 11.7. The fourth-order valence-corrected chi connectivity index (χ4v) is 2.93. The van der Waals surface area contributed by atoms with Gasteiger partial charge in [0, 0.05) is 19.5 Å². The zero-order valence-electron chi connectivity index (χ0n) is 11.7. The number of likely N-dealkylation sites (tertiary alicyclic amines) is 1. The highest BCUT2D eigenvalue weighted by Gasteiger charge is 2.24. The number of benzene rings is 1. The number of aromatic nitrogens is 1. The molecule has 0 radical (unpaired) electrons. The molecule has 106 valence electrons. The lowest BCUT2D eigenvalue weighted by atomic mass is 9.95. The van der Waals surface area contributed by atoms with E-state index in [1.807, 2.05) is 19.1 Å². The van der Waals surface area contributed by atoms with Crippen LogP contribution in [-0.4, -0.2) is 16.4 Å². The van der Waals surface area contributed by atoms with E-state index in [0.29, 0.717) is 11.9 Å². The SMILES string of the molecule is Cc1nc(CN2CCCC[C@@H]2c2ccc(F)cc2)co1. The standard InChI is InChI=1S/C16H19FN2O/c1-12-18-15(11-20-12)10-19-9-3-2-4-16(19)13-5-7-14(17)8-6-13/h5-8,11,16H,2-4,9-10H2,1H3/t16-/m1/s1. The molecule has 1 fully saturated rings. The normalized spacial score (nSPS) is 20.2. The van der Waals surface area contributed by atoms with Crippen molar-refractivity contribution in [2.45, 2.75) is 38.8 Å². The van der Waals surface area contributed by atoms with Crippen molar-refractivity contribution in [3.8, 4) is 0 Å². The first-order valence-corrected chi connectivity index (χ1v) is 7.13. The molecule has 0 bridgehead atoms. The maximum absolute atomic E-state index is 13.1. The van der Waals surface area contributed by atoms with E-state index in [4.69, 9.17) is 4.42 Å². The fraction of sp³-hybridized carbons (Fsp3) is 0.438. The molecular formula is C16H19FN2O. The maximum atomic E-state index is 13.1. The van der Waals surface area contributed by atoms with Crippen molar-refractivity contribution in [2.75, 3.05) is 6.54 Å².